The van der Waals surface area contributed by atoms with Crippen LogP contribution < -0.4 is 4.74 Å². The van der Waals surface area contributed by atoms with Crippen LogP contribution in [0.5, 0.6) is 5.75 Å². The van der Waals surface area contributed by atoms with E-state index in [0.717, 1.165) is 12.3 Å². The van der Waals surface area contributed by atoms with Gasteiger partial charge in [0.1, 0.15) is 5.75 Å². The largest absolute Gasteiger partial charge is 0.492 e. The summed E-state index contributed by atoms with van der Waals surface area (Å²) in [5.41, 5.74) is 0. The van der Waals surface area contributed by atoms with Crippen molar-refractivity contribution in [3.8, 4) is 5.75 Å². The van der Waals surface area contributed by atoms with E-state index in [1.807, 2.05) is 0 Å². The normalized spacial score (nSPS) is 20.1. The van der Waals surface area contributed by atoms with E-state index in [4.69, 9.17) is 27.9 Å². The summed E-state index contributed by atoms with van der Waals surface area (Å²) in [6, 6.07) is 5.32. The lowest BCUT2D eigenvalue weighted by Crippen LogP contribution is -2.35. The van der Waals surface area contributed by atoms with Gasteiger partial charge in [-0.25, -0.2) is 0 Å². The molecule has 1 aliphatic rings. The number of benzene rings is 1. The number of ether oxygens (including phenoxy) is 1. The molecule has 0 saturated carbocycles. The molecule has 0 aliphatic carbocycles. The number of piperidine rings is 1. The van der Waals surface area contributed by atoms with Gasteiger partial charge in [-0.1, -0.05) is 30.1 Å². The van der Waals surface area contributed by atoms with Crippen molar-refractivity contribution in [2.75, 3.05) is 26.2 Å². The number of unbranched alkanes of at least 4 members (excludes halogenated alkanes) is 1. The number of nitrogens with zero attached hydrogens (tertiary/aromatic N) is 1. The summed E-state index contributed by atoms with van der Waals surface area (Å²) in [5, 5.41) is 1.28. The highest BCUT2D eigenvalue weighted by Gasteiger charge is 2.15. The Morgan fingerprint density at radius 2 is 2.15 bits per heavy atom. The smallest absolute Gasteiger partial charge is 0.139 e. The Kier molecular flexibility index (Phi) is 6.47. The van der Waals surface area contributed by atoms with Crippen molar-refractivity contribution in [2.24, 2.45) is 5.92 Å². The van der Waals surface area contributed by atoms with Crippen LogP contribution in [0.3, 0.4) is 0 Å². The van der Waals surface area contributed by atoms with Gasteiger partial charge in [-0.05, 0) is 56.8 Å². The molecule has 1 fully saturated rings. The molecular weight excluding hydrogens is 293 g/mol. The van der Waals surface area contributed by atoms with Crippen LogP contribution in [0.15, 0.2) is 18.2 Å². The molecule has 1 saturated heterocycles. The van der Waals surface area contributed by atoms with Gasteiger partial charge in [0.2, 0.25) is 0 Å². The molecule has 0 N–H and O–H groups in total. The summed E-state index contributed by atoms with van der Waals surface area (Å²) in [6.45, 7) is 6.73. The van der Waals surface area contributed by atoms with E-state index in [1.165, 1.54) is 38.9 Å². The average molecular weight is 316 g/mol. The van der Waals surface area contributed by atoms with E-state index in [1.54, 1.807) is 18.2 Å². The Bertz CT molecular complexity index is 425. The summed E-state index contributed by atoms with van der Waals surface area (Å²) >= 11 is 12.0. The predicted octanol–water partition coefficient (Wildman–Crippen LogP) is 4.88. The van der Waals surface area contributed by atoms with Crippen LogP contribution in [0.1, 0.15) is 32.6 Å². The van der Waals surface area contributed by atoms with Gasteiger partial charge in [-0.2, -0.15) is 0 Å². The van der Waals surface area contributed by atoms with Crippen molar-refractivity contribution in [2.45, 2.75) is 32.6 Å². The quantitative estimate of drug-likeness (QED) is 0.693. The van der Waals surface area contributed by atoms with Crippen LogP contribution in [-0.4, -0.2) is 31.1 Å². The molecule has 1 aromatic carbocycles. The van der Waals surface area contributed by atoms with E-state index in [-0.39, 0.29) is 0 Å². The van der Waals surface area contributed by atoms with E-state index < -0.39 is 0 Å². The third-order valence-corrected chi connectivity index (χ3v) is 4.31. The third-order valence-electron chi connectivity index (χ3n) is 3.76. The standard InChI is InChI=1S/C16H23Cl2NO/c1-13-5-4-9-19(12-13)8-2-3-10-20-16-11-14(17)6-7-15(16)18/h6-7,11,13H,2-5,8-10,12H2,1H3. The zero-order valence-electron chi connectivity index (χ0n) is 12.1. The van der Waals surface area contributed by atoms with Crippen molar-refractivity contribution >= 4 is 23.2 Å². The van der Waals surface area contributed by atoms with Crippen LogP contribution in [0, 0.1) is 5.92 Å². The molecule has 0 aromatic heterocycles. The third kappa shape index (κ3) is 5.16. The van der Waals surface area contributed by atoms with E-state index in [0.29, 0.717) is 22.4 Å². The molecule has 0 spiro atoms. The maximum Gasteiger partial charge on any atom is 0.139 e. The molecular formula is C16H23Cl2NO. The topological polar surface area (TPSA) is 12.5 Å². The first-order valence-electron chi connectivity index (χ1n) is 7.45. The van der Waals surface area contributed by atoms with E-state index in [2.05, 4.69) is 11.8 Å². The van der Waals surface area contributed by atoms with Gasteiger partial charge in [-0.15, -0.1) is 0 Å². The monoisotopic (exact) mass is 315 g/mol. The second-order valence-corrected chi connectivity index (χ2v) is 6.52. The van der Waals surface area contributed by atoms with Crippen LogP contribution in [0.4, 0.5) is 0 Å². The fraction of sp³-hybridized carbons (Fsp3) is 0.625. The molecule has 2 nitrogen and oxygen atoms in total. The van der Waals surface area contributed by atoms with Gasteiger partial charge >= 0.3 is 0 Å². The molecule has 1 heterocycles. The highest BCUT2D eigenvalue weighted by atomic mass is 35.5. The fourth-order valence-corrected chi connectivity index (χ4v) is 3.03. The van der Waals surface area contributed by atoms with Crippen molar-refractivity contribution in [1.82, 2.24) is 4.90 Å². The van der Waals surface area contributed by atoms with Gasteiger partial charge in [0, 0.05) is 17.6 Å². The Morgan fingerprint density at radius 1 is 1.30 bits per heavy atom. The lowest BCUT2D eigenvalue weighted by molar-refractivity contribution is 0.177. The van der Waals surface area contributed by atoms with Crippen molar-refractivity contribution < 1.29 is 4.74 Å². The molecule has 1 unspecified atom stereocenters. The Morgan fingerprint density at radius 3 is 2.95 bits per heavy atom. The highest BCUT2D eigenvalue weighted by Crippen LogP contribution is 2.27. The molecule has 1 atom stereocenters. The summed E-state index contributed by atoms with van der Waals surface area (Å²) in [4.78, 5) is 2.57. The molecule has 0 amide bonds. The minimum absolute atomic E-state index is 0.624. The molecule has 20 heavy (non-hydrogen) atoms. The Hall–Kier alpha value is -0.440. The molecule has 1 aliphatic heterocycles. The first-order valence-corrected chi connectivity index (χ1v) is 8.21. The second kappa shape index (κ2) is 8.11. The molecule has 1 aromatic rings. The molecule has 112 valence electrons. The number of halogens is 2. The molecule has 4 heteroatoms. The number of likely N-dealkylation sites (tertiary alicyclic amines) is 1. The van der Waals surface area contributed by atoms with Crippen LogP contribution in [0.2, 0.25) is 10.0 Å². The summed E-state index contributed by atoms with van der Waals surface area (Å²) in [6.07, 6.45) is 4.95. The zero-order valence-corrected chi connectivity index (χ0v) is 13.6. The lowest BCUT2D eigenvalue weighted by Gasteiger charge is -2.30. The summed E-state index contributed by atoms with van der Waals surface area (Å²) in [5.74, 6) is 1.54. The van der Waals surface area contributed by atoms with Gasteiger partial charge in [-0.3, -0.25) is 0 Å². The zero-order chi connectivity index (χ0) is 14.4. The average Bonchev–Trinajstić information content (AvgIpc) is 2.42. The SMILES string of the molecule is CC1CCCN(CCCCOc2cc(Cl)ccc2Cl)C1. The Labute approximate surface area is 132 Å². The van der Waals surface area contributed by atoms with Crippen LogP contribution in [0.25, 0.3) is 0 Å². The van der Waals surface area contributed by atoms with E-state index in [9.17, 15) is 0 Å². The highest BCUT2D eigenvalue weighted by molar-refractivity contribution is 6.34. The van der Waals surface area contributed by atoms with Gasteiger partial charge < -0.3 is 9.64 Å². The lowest BCUT2D eigenvalue weighted by atomic mass is 10.0. The van der Waals surface area contributed by atoms with Gasteiger partial charge in [0.05, 0.1) is 11.6 Å². The first kappa shape index (κ1) is 15.9. The van der Waals surface area contributed by atoms with Crippen LogP contribution in [-0.2, 0) is 0 Å². The first-order chi connectivity index (χ1) is 9.65. The minimum atomic E-state index is 0.624. The maximum absolute atomic E-state index is 6.05. The molecule has 0 radical (unpaired) electrons. The molecule has 2 rings (SSSR count). The summed E-state index contributed by atoms with van der Waals surface area (Å²) in [7, 11) is 0. The van der Waals surface area contributed by atoms with Crippen molar-refractivity contribution in [3.05, 3.63) is 28.2 Å². The number of hydrogen-bond acceptors (Lipinski definition) is 2. The Balaban J connectivity index is 1.63. The minimum Gasteiger partial charge on any atom is -0.492 e. The van der Waals surface area contributed by atoms with Crippen molar-refractivity contribution in [1.29, 1.82) is 0 Å². The number of hydrogen-bond donors (Lipinski definition) is 0. The predicted molar refractivity (Wildman–Crippen MR) is 86.0 cm³/mol. The fourth-order valence-electron chi connectivity index (χ4n) is 2.70. The second-order valence-electron chi connectivity index (χ2n) is 5.68. The van der Waals surface area contributed by atoms with Crippen molar-refractivity contribution in [3.63, 3.8) is 0 Å². The van der Waals surface area contributed by atoms with Gasteiger partial charge in [0.15, 0.2) is 0 Å². The molecule has 0 bridgehead atoms. The summed E-state index contributed by atoms with van der Waals surface area (Å²) < 4.78 is 5.69. The maximum atomic E-state index is 6.05. The van der Waals surface area contributed by atoms with E-state index >= 15 is 0 Å². The van der Waals surface area contributed by atoms with Crippen LogP contribution >= 0.6 is 23.2 Å². The number of rotatable bonds is 6. The van der Waals surface area contributed by atoms with Gasteiger partial charge in [0.25, 0.3) is 0 Å².